The number of amides is 4. The Morgan fingerprint density at radius 1 is 0.369 bits per heavy atom. The molecule has 1 spiro atoms. The van der Waals surface area contributed by atoms with Gasteiger partial charge >= 0.3 is 30.8 Å². The van der Waals surface area contributed by atoms with Gasteiger partial charge in [0.15, 0.2) is 24.2 Å². The van der Waals surface area contributed by atoms with Crippen LogP contribution in [0.1, 0.15) is 46.4 Å². The van der Waals surface area contributed by atoms with E-state index in [0.717, 1.165) is 28.4 Å². The van der Waals surface area contributed by atoms with Gasteiger partial charge in [0.25, 0.3) is 0 Å². The molecule has 20 nitrogen and oxygen atoms in total. The highest BCUT2D eigenvalue weighted by Gasteiger charge is 2.61. The van der Waals surface area contributed by atoms with E-state index in [0.29, 0.717) is 0 Å². The van der Waals surface area contributed by atoms with Crippen LogP contribution in [-0.4, -0.2) is 107 Å². The third kappa shape index (κ3) is 10.8. The Labute approximate surface area is 371 Å². The molecule has 0 radical (unpaired) electrons. The second-order valence-electron chi connectivity index (χ2n) is 14.3. The summed E-state index contributed by atoms with van der Waals surface area (Å²) in [7, 11) is 4.36. The van der Waals surface area contributed by atoms with Crippen molar-refractivity contribution in [1.82, 2.24) is 21.3 Å². The smallest absolute Gasteiger partial charge is 0.507 e. The number of hydrogen-bond acceptors (Lipinski definition) is 16. The van der Waals surface area contributed by atoms with Crippen LogP contribution in [-0.2, 0) is 75.9 Å². The average molecular weight is 896 g/mol. The van der Waals surface area contributed by atoms with Gasteiger partial charge in [-0.05, 0) is 22.3 Å². The summed E-state index contributed by atoms with van der Waals surface area (Å²) in [5, 5.41) is 9.91. The molecule has 0 bridgehead atoms. The molecular formula is C44H44BN4O16-. The van der Waals surface area contributed by atoms with E-state index in [1.807, 2.05) is 0 Å². The lowest BCUT2D eigenvalue weighted by molar-refractivity contribution is -0.148. The lowest BCUT2D eigenvalue weighted by atomic mass is 10.0. The summed E-state index contributed by atoms with van der Waals surface area (Å²) >= 11 is 0. The second-order valence-corrected chi connectivity index (χ2v) is 14.3. The Hall–Kier alpha value is -7.46. The number of carbonyl (C=O) groups excluding carboxylic acids is 8. The van der Waals surface area contributed by atoms with Crippen LogP contribution in [0.2, 0.25) is 0 Å². The summed E-state index contributed by atoms with van der Waals surface area (Å²) in [5.74, 6) is -8.38. The Morgan fingerprint density at radius 2 is 0.554 bits per heavy atom. The molecule has 4 aromatic rings. The fourth-order valence-corrected chi connectivity index (χ4v) is 7.06. The van der Waals surface area contributed by atoms with Crippen LogP contribution in [0.15, 0.2) is 121 Å². The number of hydrogen-bond donors (Lipinski definition) is 4. The van der Waals surface area contributed by atoms with Crippen LogP contribution < -0.4 is 21.3 Å². The van der Waals surface area contributed by atoms with Gasteiger partial charge in [0.1, 0.15) is 24.4 Å². The molecule has 4 amide bonds. The molecule has 21 heteroatoms. The van der Waals surface area contributed by atoms with Crippen LogP contribution in [0, 0.1) is 0 Å². The first kappa shape index (κ1) is 47.0. The van der Waals surface area contributed by atoms with Crippen molar-refractivity contribution in [1.29, 1.82) is 0 Å². The zero-order valence-corrected chi connectivity index (χ0v) is 35.3. The second kappa shape index (κ2) is 21.3. The van der Waals surface area contributed by atoms with Crippen LogP contribution >= 0.6 is 0 Å². The van der Waals surface area contributed by atoms with Crippen molar-refractivity contribution < 1.29 is 75.9 Å². The zero-order chi connectivity index (χ0) is 46.7. The molecule has 6 rings (SSSR count). The SMILES string of the molecule is COC(=O)[C@H](NC(=O)[C@@H]1O[B-]2(O[C@H]1C(=O)N[C@@H](C(=O)OC)c1ccccc1)O[C@@H](C(=O)N[C@@H](C(=O)OC)c1ccccc1)[C@H](C(=O)N[C@@H](C(=O)OC)c1ccccc1)O2)c1ccccc1. The van der Waals surface area contributed by atoms with E-state index in [4.69, 9.17) is 37.6 Å². The number of ether oxygens (including phenoxy) is 4. The molecule has 2 aliphatic rings. The molecule has 2 fully saturated rings. The van der Waals surface area contributed by atoms with Crippen LogP contribution in [0.4, 0.5) is 0 Å². The van der Waals surface area contributed by atoms with E-state index in [1.165, 1.54) is 48.5 Å². The Morgan fingerprint density at radius 3 is 0.723 bits per heavy atom. The van der Waals surface area contributed by atoms with Gasteiger partial charge in [-0.25, -0.2) is 19.2 Å². The van der Waals surface area contributed by atoms with Crippen molar-refractivity contribution in [2.45, 2.75) is 48.6 Å². The largest absolute Gasteiger partial charge is 0.533 e. The van der Waals surface area contributed by atoms with Crippen LogP contribution in [0.3, 0.4) is 0 Å². The van der Waals surface area contributed by atoms with Gasteiger partial charge in [0, 0.05) is 0 Å². The Balaban J connectivity index is 1.40. The monoisotopic (exact) mass is 895 g/mol. The number of esters is 4. The highest BCUT2D eigenvalue weighted by atomic mass is 16.9. The van der Waals surface area contributed by atoms with Gasteiger partial charge in [-0.3, -0.25) is 19.2 Å². The Bertz CT molecular complexity index is 2030. The first-order valence-electron chi connectivity index (χ1n) is 19.9. The summed E-state index contributed by atoms with van der Waals surface area (Å²) in [6, 6.07) is 25.7. The summed E-state index contributed by atoms with van der Waals surface area (Å²) < 4.78 is 43.8. The van der Waals surface area contributed by atoms with Crippen LogP contribution in [0.5, 0.6) is 0 Å². The predicted molar refractivity (Wildman–Crippen MR) is 223 cm³/mol. The highest BCUT2D eigenvalue weighted by Crippen LogP contribution is 2.37. The van der Waals surface area contributed by atoms with Gasteiger partial charge in [-0.2, -0.15) is 0 Å². The lowest BCUT2D eigenvalue weighted by Gasteiger charge is -2.29. The molecule has 0 unspecified atom stereocenters. The maximum absolute atomic E-state index is 14.3. The fraction of sp³-hybridized carbons (Fsp3) is 0.273. The van der Waals surface area contributed by atoms with Crippen molar-refractivity contribution in [3.63, 3.8) is 0 Å². The zero-order valence-electron chi connectivity index (χ0n) is 35.3. The van der Waals surface area contributed by atoms with Crippen molar-refractivity contribution in [2.75, 3.05) is 28.4 Å². The van der Waals surface area contributed by atoms with Crippen molar-refractivity contribution in [3.8, 4) is 0 Å². The molecule has 2 heterocycles. The minimum Gasteiger partial charge on any atom is -0.507 e. The number of carbonyl (C=O) groups is 8. The summed E-state index contributed by atoms with van der Waals surface area (Å²) in [6.07, 6.45) is -8.43. The molecule has 0 saturated carbocycles. The van der Waals surface area contributed by atoms with E-state index in [2.05, 4.69) is 21.3 Å². The normalized spacial score (nSPS) is 20.1. The van der Waals surface area contributed by atoms with Crippen molar-refractivity contribution in [3.05, 3.63) is 144 Å². The molecule has 8 atom stereocenters. The van der Waals surface area contributed by atoms with Gasteiger partial charge in [0.05, 0.1) is 28.4 Å². The number of nitrogens with one attached hydrogen (secondary N) is 4. The molecule has 4 aromatic carbocycles. The van der Waals surface area contributed by atoms with E-state index in [1.54, 1.807) is 72.8 Å². The third-order valence-electron chi connectivity index (χ3n) is 10.3. The lowest BCUT2D eigenvalue weighted by Crippen LogP contribution is -2.50. The minimum atomic E-state index is -4.01. The van der Waals surface area contributed by atoms with Gasteiger partial charge in [-0.15, -0.1) is 0 Å². The van der Waals surface area contributed by atoms with E-state index < -0.39 is 103 Å². The van der Waals surface area contributed by atoms with Crippen molar-refractivity contribution in [2.24, 2.45) is 0 Å². The van der Waals surface area contributed by atoms with E-state index >= 15 is 0 Å². The average Bonchev–Trinajstić information content (AvgIpc) is 3.93. The van der Waals surface area contributed by atoms with E-state index in [-0.39, 0.29) is 22.3 Å². The first-order chi connectivity index (χ1) is 31.3. The van der Waals surface area contributed by atoms with E-state index in [9.17, 15) is 38.4 Å². The molecule has 4 N–H and O–H groups in total. The molecule has 2 aliphatic heterocycles. The fourth-order valence-electron chi connectivity index (χ4n) is 7.06. The minimum absolute atomic E-state index is 0.265. The van der Waals surface area contributed by atoms with Gasteiger partial charge < -0.3 is 58.8 Å². The summed E-state index contributed by atoms with van der Waals surface area (Å²) in [5.41, 5.74) is 1.06. The molecule has 340 valence electrons. The quantitative estimate of drug-likeness (QED) is 0.0698. The first-order valence-corrected chi connectivity index (χ1v) is 19.9. The number of methoxy groups -OCH3 is 4. The molecule has 0 aromatic heterocycles. The summed E-state index contributed by atoms with van der Waals surface area (Å²) in [4.78, 5) is 110. The topological polar surface area (TPSA) is 259 Å². The number of benzene rings is 4. The van der Waals surface area contributed by atoms with Crippen LogP contribution in [0.25, 0.3) is 0 Å². The molecule has 0 aliphatic carbocycles. The molecule has 65 heavy (non-hydrogen) atoms. The molecule has 2 saturated heterocycles. The summed E-state index contributed by atoms with van der Waals surface area (Å²) in [6.45, 7) is -4.01. The maximum atomic E-state index is 14.3. The molecular weight excluding hydrogens is 851 g/mol. The standard InChI is InChI=1S/C44H44BN4O16/c1-58-41(54)29(25-17-9-5-10-18-25)46-37(50)33-34(38(51)47-30(42(55)59-2)26-19-11-6-12-20-26)63-45(62-33)64-35(39(52)48-31(43(56)60-3)27-21-13-7-14-22-27)36(65-45)40(53)49-32(44(57)61-4)28-23-15-8-16-24-28/h5-24,29-36H,1-4H3,(H,46,50)(H,47,51)(H,48,52)(H,49,53)/q-1/t29-,30-,31-,32-,33-,34-,35-,36-/m1/s1. The third-order valence-corrected chi connectivity index (χ3v) is 10.3. The van der Waals surface area contributed by atoms with Gasteiger partial charge in [0.2, 0.25) is 23.6 Å². The highest BCUT2D eigenvalue weighted by molar-refractivity contribution is 6.56. The maximum Gasteiger partial charge on any atom is 0.533 e. The Kier molecular flexibility index (Phi) is 15.4. The van der Waals surface area contributed by atoms with Crippen molar-refractivity contribution >= 4 is 54.5 Å². The number of rotatable bonds is 16. The van der Waals surface area contributed by atoms with Gasteiger partial charge in [-0.1, -0.05) is 121 Å². The predicted octanol–water partition coefficient (Wildman–Crippen LogP) is 1.11.